The van der Waals surface area contributed by atoms with Crippen LogP contribution in [0.15, 0.2) is 30.9 Å². The number of aromatic nitrogens is 2. The third-order valence-corrected chi connectivity index (χ3v) is 3.16. The van der Waals surface area contributed by atoms with Gasteiger partial charge in [-0.05, 0) is 30.7 Å². The molecule has 0 aliphatic rings. The van der Waals surface area contributed by atoms with Crippen molar-refractivity contribution in [1.29, 1.82) is 0 Å². The number of benzene rings is 1. The zero-order chi connectivity index (χ0) is 14.4. The van der Waals surface area contributed by atoms with Gasteiger partial charge in [0.15, 0.2) is 11.5 Å². The lowest BCUT2D eigenvalue weighted by Gasteiger charge is -2.14. The molecule has 20 heavy (non-hydrogen) atoms. The van der Waals surface area contributed by atoms with Gasteiger partial charge in [-0.1, -0.05) is 11.6 Å². The second kappa shape index (κ2) is 7.17. The van der Waals surface area contributed by atoms with Crippen LogP contribution in [-0.4, -0.2) is 29.8 Å². The molecule has 2 aromatic rings. The van der Waals surface area contributed by atoms with E-state index in [1.165, 1.54) is 0 Å². The van der Waals surface area contributed by atoms with Crippen LogP contribution in [0.3, 0.4) is 0 Å². The molecule has 0 fully saturated rings. The number of halogens is 1. The minimum atomic E-state index is 0.489. The van der Waals surface area contributed by atoms with Crippen molar-refractivity contribution in [3.8, 4) is 11.5 Å². The van der Waals surface area contributed by atoms with Crippen LogP contribution >= 0.6 is 11.6 Å². The Bertz CT molecular complexity index is 544. The fourth-order valence-corrected chi connectivity index (χ4v) is 2.18. The van der Waals surface area contributed by atoms with Crippen molar-refractivity contribution >= 4 is 11.6 Å². The zero-order valence-corrected chi connectivity index (χ0v) is 12.1. The van der Waals surface area contributed by atoms with Gasteiger partial charge in [-0.25, -0.2) is 4.98 Å². The normalized spacial score (nSPS) is 10.6. The van der Waals surface area contributed by atoms with Crippen molar-refractivity contribution in [3.05, 3.63) is 41.4 Å². The fraction of sp³-hybridized carbons (Fsp3) is 0.357. The van der Waals surface area contributed by atoms with Crippen molar-refractivity contribution in [2.75, 3.05) is 20.3 Å². The summed E-state index contributed by atoms with van der Waals surface area (Å²) in [4.78, 5) is 3.98. The average molecular weight is 296 g/mol. The van der Waals surface area contributed by atoms with Crippen LogP contribution in [0.25, 0.3) is 0 Å². The maximum atomic E-state index is 6.24. The first-order valence-corrected chi connectivity index (χ1v) is 6.77. The highest BCUT2D eigenvalue weighted by Crippen LogP contribution is 2.36. The highest BCUT2D eigenvalue weighted by Gasteiger charge is 2.11. The molecule has 1 aromatic carbocycles. The van der Waals surface area contributed by atoms with Gasteiger partial charge in [0.2, 0.25) is 0 Å². The van der Waals surface area contributed by atoms with Crippen LogP contribution in [0, 0.1) is 0 Å². The van der Waals surface area contributed by atoms with E-state index in [1.54, 1.807) is 19.6 Å². The first-order valence-electron chi connectivity index (χ1n) is 6.39. The van der Waals surface area contributed by atoms with Crippen LogP contribution < -0.4 is 15.2 Å². The summed E-state index contributed by atoms with van der Waals surface area (Å²) < 4.78 is 13.0. The maximum absolute atomic E-state index is 6.24. The predicted molar refractivity (Wildman–Crippen MR) is 78.5 cm³/mol. The molecule has 0 aliphatic carbocycles. The zero-order valence-electron chi connectivity index (χ0n) is 11.4. The van der Waals surface area contributed by atoms with Crippen LogP contribution in [0.5, 0.6) is 11.5 Å². The Morgan fingerprint density at radius 3 is 2.90 bits per heavy atom. The lowest BCUT2D eigenvalue weighted by molar-refractivity contribution is 0.279. The molecule has 6 heteroatoms. The molecule has 0 atom stereocenters. The second-order valence-corrected chi connectivity index (χ2v) is 4.70. The summed E-state index contributed by atoms with van der Waals surface area (Å²) in [5.41, 5.74) is 6.59. The Balaban J connectivity index is 2.06. The highest BCUT2D eigenvalue weighted by molar-refractivity contribution is 6.32. The molecule has 1 aromatic heterocycles. The Labute approximate surface area is 123 Å². The number of rotatable bonds is 7. The number of nitrogens with two attached hydrogens (primary N) is 1. The summed E-state index contributed by atoms with van der Waals surface area (Å²) in [6.07, 6.45) is 6.11. The van der Waals surface area contributed by atoms with Gasteiger partial charge in [0.25, 0.3) is 0 Å². The van der Waals surface area contributed by atoms with Crippen molar-refractivity contribution in [3.63, 3.8) is 0 Å². The van der Waals surface area contributed by atoms with Gasteiger partial charge < -0.3 is 19.8 Å². The summed E-state index contributed by atoms with van der Waals surface area (Å²) in [7, 11) is 1.60. The largest absolute Gasteiger partial charge is 0.493 e. The molecule has 2 rings (SSSR count). The summed E-state index contributed by atoms with van der Waals surface area (Å²) >= 11 is 6.24. The van der Waals surface area contributed by atoms with Gasteiger partial charge in [-0.2, -0.15) is 0 Å². The number of imidazole rings is 1. The lowest BCUT2D eigenvalue weighted by atomic mass is 10.1. The lowest BCUT2D eigenvalue weighted by Crippen LogP contribution is -2.08. The molecular formula is C14H18ClN3O2. The Morgan fingerprint density at radius 2 is 2.25 bits per heavy atom. The molecule has 2 N–H and O–H groups in total. The summed E-state index contributed by atoms with van der Waals surface area (Å²) in [6.45, 7) is 1.76. The molecule has 0 saturated heterocycles. The molecule has 5 nitrogen and oxygen atoms in total. The molecule has 0 unspecified atom stereocenters. The van der Waals surface area contributed by atoms with Crippen molar-refractivity contribution in [1.82, 2.24) is 9.55 Å². The summed E-state index contributed by atoms with van der Waals surface area (Å²) in [6, 6.07) is 3.77. The second-order valence-electron chi connectivity index (χ2n) is 4.30. The SMILES string of the molecule is COc1cc(CCN)cc(Cl)c1OCCn1ccnc1. The van der Waals surface area contributed by atoms with E-state index in [2.05, 4.69) is 4.98 Å². The van der Waals surface area contributed by atoms with E-state index in [4.69, 9.17) is 26.8 Å². The topological polar surface area (TPSA) is 62.3 Å². The van der Waals surface area contributed by atoms with Gasteiger partial charge >= 0.3 is 0 Å². The molecule has 0 saturated carbocycles. The number of nitrogens with zero attached hydrogens (tertiary/aromatic N) is 2. The fourth-order valence-electron chi connectivity index (χ4n) is 1.90. The number of hydrogen-bond donors (Lipinski definition) is 1. The van der Waals surface area contributed by atoms with Gasteiger partial charge in [0.05, 0.1) is 25.0 Å². The molecule has 0 aliphatic heterocycles. The smallest absolute Gasteiger partial charge is 0.179 e. The molecule has 0 spiro atoms. The van der Waals surface area contributed by atoms with Gasteiger partial charge in [0, 0.05) is 12.4 Å². The van der Waals surface area contributed by atoms with Crippen LogP contribution in [0.2, 0.25) is 5.02 Å². The first-order chi connectivity index (χ1) is 9.74. The van der Waals surface area contributed by atoms with E-state index < -0.39 is 0 Å². The first kappa shape index (κ1) is 14.7. The van der Waals surface area contributed by atoms with Crippen molar-refractivity contribution in [2.24, 2.45) is 5.73 Å². The molecular weight excluding hydrogens is 278 g/mol. The van der Waals surface area contributed by atoms with Crippen molar-refractivity contribution in [2.45, 2.75) is 13.0 Å². The van der Waals surface area contributed by atoms with Crippen molar-refractivity contribution < 1.29 is 9.47 Å². The molecule has 0 amide bonds. The minimum Gasteiger partial charge on any atom is -0.493 e. The van der Waals surface area contributed by atoms with Crippen LogP contribution in [0.1, 0.15) is 5.56 Å². The number of ether oxygens (including phenoxy) is 2. The summed E-state index contributed by atoms with van der Waals surface area (Å²) in [5.74, 6) is 1.20. The van der Waals surface area contributed by atoms with E-state index in [0.29, 0.717) is 36.2 Å². The average Bonchev–Trinajstić information content (AvgIpc) is 2.94. The molecule has 1 heterocycles. The van der Waals surface area contributed by atoms with Crippen LogP contribution in [0.4, 0.5) is 0 Å². The molecule has 108 valence electrons. The van der Waals surface area contributed by atoms with Gasteiger partial charge in [-0.15, -0.1) is 0 Å². The third kappa shape index (κ3) is 3.65. The Hall–Kier alpha value is -1.72. The Morgan fingerprint density at radius 1 is 1.40 bits per heavy atom. The monoisotopic (exact) mass is 295 g/mol. The van der Waals surface area contributed by atoms with Gasteiger partial charge in [-0.3, -0.25) is 0 Å². The quantitative estimate of drug-likeness (QED) is 0.850. The molecule has 0 bridgehead atoms. The van der Waals surface area contributed by atoms with E-state index in [1.807, 2.05) is 22.9 Å². The predicted octanol–water partition coefficient (Wildman–Crippen LogP) is 2.13. The summed E-state index contributed by atoms with van der Waals surface area (Å²) in [5, 5.41) is 0.540. The minimum absolute atomic E-state index is 0.489. The maximum Gasteiger partial charge on any atom is 0.179 e. The van der Waals surface area contributed by atoms with Gasteiger partial charge in [0.1, 0.15) is 6.61 Å². The highest BCUT2D eigenvalue weighted by atomic mass is 35.5. The Kier molecular flexibility index (Phi) is 5.26. The third-order valence-electron chi connectivity index (χ3n) is 2.88. The van der Waals surface area contributed by atoms with E-state index in [-0.39, 0.29) is 0 Å². The van der Waals surface area contributed by atoms with Crippen LogP contribution in [-0.2, 0) is 13.0 Å². The number of hydrogen-bond acceptors (Lipinski definition) is 4. The number of methoxy groups -OCH3 is 1. The standard InChI is InChI=1S/C14H18ClN3O2/c1-19-13-9-11(2-3-16)8-12(15)14(13)20-7-6-18-5-4-17-10-18/h4-5,8-10H,2-3,6-7,16H2,1H3. The molecule has 0 radical (unpaired) electrons. The van der Waals surface area contributed by atoms with E-state index in [0.717, 1.165) is 12.0 Å². The van der Waals surface area contributed by atoms with E-state index >= 15 is 0 Å². The van der Waals surface area contributed by atoms with E-state index in [9.17, 15) is 0 Å².